The number of nitrogens with one attached hydrogen (secondary N) is 1. The van der Waals surface area contributed by atoms with Crippen molar-refractivity contribution in [1.82, 2.24) is 25.0 Å². The van der Waals surface area contributed by atoms with Crippen LogP contribution in [0.2, 0.25) is 0 Å². The van der Waals surface area contributed by atoms with Crippen molar-refractivity contribution in [3.05, 3.63) is 76.6 Å². The summed E-state index contributed by atoms with van der Waals surface area (Å²) in [6.45, 7) is 6.12. The Bertz CT molecular complexity index is 1360. The maximum absolute atomic E-state index is 12.7. The molecule has 5 rings (SSSR count). The fourth-order valence-corrected chi connectivity index (χ4v) is 4.24. The Hall–Kier alpha value is -4.07. The summed E-state index contributed by atoms with van der Waals surface area (Å²) >= 11 is 0. The van der Waals surface area contributed by atoms with E-state index in [2.05, 4.69) is 52.5 Å². The van der Waals surface area contributed by atoms with Crippen molar-refractivity contribution >= 4 is 11.7 Å². The van der Waals surface area contributed by atoms with Crippen molar-refractivity contribution in [2.45, 2.75) is 33.1 Å². The van der Waals surface area contributed by atoms with Gasteiger partial charge in [0.2, 0.25) is 5.91 Å². The van der Waals surface area contributed by atoms with Crippen LogP contribution in [-0.4, -0.2) is 38.0 Å². The van der Waals surface area contributed by atoms with E-state index in [1.165, 1.54) is 11.1 Å². The van der Waals surface area contributed by atoms with Crippen molar-refractivity contribution in [2.75, 3.05) is 12.4 Å². The first-order valence-electron chi connectivity index (χ1n) is 10.8. The molecular weight excluding hydrogens is 416 g/mol. The number of hydrogen-bond acceptors (Lipinski definition) is 6. The van der Waals surface area contributed by atoms with Gasteiger partial charge in [0.1, 0.15) is 11.6 Å². The second-order valence-corrected chi connectivity index (χ2v) is 8.28. The lowest BCUT2D eigenvalue weighted by Gasteiger charge is -2.24. The molecule has 166 valence electrons. The summed E-state index contributed by atoms with van der Waals surface area (Å²) < 4.78 is 6.81. The van der Waals surface area contributed by atoms with E-state index >= 15 is 0 Å². The van der Waals surface area contributed by atoms with E-state index in [4.69, 9.17) is 9.84 Å². The normalized spacial score (nSPS) is 15.2. The fourth-order valence-electron chi connectivity index (χ4n) is 4.24. The number of anilines is 1. The lowest BCUT2D eigenvalue weighted by atomic mass is 9.84. The minimum absolute atomic E-state index is 0.0638. The van der Waals surface area contributed by atoms with Gasteiger partial charge >= 0.3 is 0 Å². The zero-order valence-electron chi connectivity index (χ0n) is 19.0. The molecule has 1 amide bonds. The molecule has 0 bridgehead atoms. The lowest BCUT2D eigenvalue weighted by molar-refractivity contribution is -0.116. The minimum atomic E-state index is -0.0838. The van der Waals surface area contributed by atoms with Gasteiger partial charge in [0.25, 0.3) is 5.95 Å². The molecule has 0 saturated carbocycles. The van der Waals surface area contributed by atoms with Crippen LogP contribution in [0.4, 0.5) is 5.82 Å². The molecule has 0 unspecified atom stereocenters. The number of ether oxygens (including phenoxy) is 1. The van der Waals surface area contributed by atoms with Crippen molar-refractivity contribution in [1.29, 1.82) is 0 Å². The van der Waals surface area contributed by atoms with E-state index in [1.807, 2.05) is 31.2 Å². The first-order valence-corrected chi connectivity index (χ1v) is 10.8. The molecule has 2 aromatic heterocycles. The second-order valence-electron chi connectivity index (χ2n) is 8.28. The Morgan fingerprint density at radius 3 is 2.58 bits per heavy atom. The maximum Gasteiger partial charge on any atom is 0.272 e. The molecule has 1 N–H and O–H groups in total. The highest BCUT2D eigenvalue weighted by molar-refractivity contribution is 5.95. The van der Waals surface area contributed by atoms with Crippen LogP contribution in [-0.2, 0) is 4.79 Å². The monoisotopic (exact) mass is 440 g/mol. The number of nitrogens with zero attached hydrogens (tertiary/aromatic N) is 5. The third-order valence-electron chi connectivity index (χ3n) is 6.16. The SMILES string of the molecule is COc1ccc(-c2cnnc(-n3nc(C)c4c3NC(=O)C[C@H]4c3ccc(C)c(C)c3)n2)cc1. The lowest BCUT2D eigenvalue weighted by Crippen LogP contribution is -2.25. The predicted octanol–water partition coefficient (Wildman–Crippen LogP) is 4.13. The quantitative estimate of drug-likeness (QED) is 0.513. The Morgan fingerprint density at radius 2 is 1.85 bits per heavy atom. The molecule has 0 aliphatic carbocycles. The molecule has 0 saturated heterocycles. The minimum Gasteiger partial charge on any atom is -0.497 e. The topological polar surface area (TPSA) is 94.8 Å². The average molecular weight is 441 g/mol. The van der Waals surface area contributed by atoms with Crippen LogP contribution in [0.5, 0.6) is 5.75 Å². The fraction of sp³-hybridized carbons (Fsp3) is 0.240. The number of methoxy groups -OCH3 is 1. The summed E-state index contributed by atoms with van der Waals surface area (Å²) in [5, 5.41) is 16.0. The Labute approximate surface area is 191 Å². The Morgan fingerprint density at radius 1 is 1.06 bits per heavy atom. The van der Waals surface area contributed by atoms with E-state index in [1.54, 1.807) is 18.0 Å². The molecule has 0 spiro atoms. The average Bonchev–Trinajstić information content (AvgIpc) is 3.16. The van der Waals surface area contributed by atoms with Gasteiger partial charge in [0, 0.05) is 23.5 Å². The van der Waals surface area contributed by atoms with Crippen LogP contribution in [0.25, 0.3) is 17.2 Å². The predicted molar refractivity (Wildman–Crippen MR) is 125 cm³/mol. The molecular formula is C25H24N6O2. The first-order chi connectivity index (χ1) is 15.9. The van der Waals surface area contributed by atoms with Crippen molar-refractivity contribution in [3.8, 4) is 23.0 Å². The van der Waals surface area contributed by atoms with Gasteiger partial charge in [-0.25, -0.2) is 4.98 Å². The molecule has 1 aliphatic heterocycles. The highest BCUT2D eigenvalue weighted by Crippen LogP contribution is 2.40. The van der Waals surface area contributed by atoms with E-state index in [0.29, 0.717) is 23.9 Å². The van der Waals surface area contributed by atoms with E-state index in [-0.39, 0.29) is 11.8 Å². The van der Waals surface area contributed by atoms with Gasteiger partial charge in [0.05, 0.1) is 24.7 Å². The van der Waals surface area contributed by atoms with Crippen molar-refractivity contribution in [2.24, 2.45) is 0 Å². The number of aryl methyl sites for hydroxylation is 3. The van der Waals surface area contributed by atoms with Gasteiger partial charge < -0.3 is 10.1 Å². The zero-order chi connectivity index (χ0) is 23.1. The molecule has 0 radical (unpaired) electrons. The molecule has 2 aromatic carbocycles. The summed E-state index contributed by atoms with van der Waals surface area (Å²) in [4.78, 5) is 17.4. The standard InChI is InChI=1S/C25H24N6O2/c1-14-5-6-18(11-15(14)2)20-12-22(32)28-24-23(20)16(3)30-31(24)25-27-21(13-26-29-25)17-7-9-19(33-4)10-8-17/h5-11,13,20H,12H2,1-4H3,(H,28,32)/t20-/m0/s1. The summed E-state index contributed by atoms with van der Waals surface area (Å²) in [6.07, 6.45) is 1.97. The summed E-state index contributed by atoms with van der Waals surface area (Å²) in [5.74, 6) is 1.51. The number of amides is 1. The third kappa shape index (κ3) is 3.73. The summed E-state index contributed by atoms with van der Waals surface area (Å²) in [5.41, 5.74) is 6.86. The number of benzene rings is 2. The molecule has 33 heavy (non-hydrogen) atoms. The van der Waals surface area contributed by atoms with Crippen LogP contribution in [0.15, 0.2) is 48.7 Å². The van der Waals surface area contributed by atoms with Crippen LogP contribution in [0, 0.1) is 20.8 Å². The van der Waals surface area contributed by atoms with E-state index in [9.17, 15) is 4.79 Å². The van der Waals surface area contributed by atoms with Gasteiger partial charge in [0.15, 0.2) is 0 Å². The molecule has 8 nitrogen and oxygen atoms in total. The zero-order valence-corrected chi connectivity index (χ0v) is 19.0. The maximum atomic E-state index is 12.7. The molecule has 3 heterocycles. The van der Waals surface area contributed by atoms with Gasteiger partial charge in [-0.15, -0.1) is 5.10 Å². The molecule has 8 heteroatoms. The number of hydrogen-bond donors (Lipinski definition) is 1. The summed E-state index contributed by atoms with van der Waals surface area (Å²) in [6, 6.07) is 13.9. The third-order valence-corrected chi connectivity index (χ3v) is 6.16. The number of aromatic nitrogens is 5. The Kier molecular flexibility index (Phi) is 5.12. The smallest absolute Gasteiger partial charge is 0.272 e. The van der Waals surface area contributed by atoms with Crippen LogP contribution < -0.4 is 10.1 Å². The number of carbonyl (C=O) groups is 1. The molecule has 1 aliphatic rings. The molecule has 1 atom stereocenters. The van der Waals surface area contributed by atoms with Crippen molar-refractivity contribution in [3.63, 3.8) is 0 Å². The highest BCUT2D eigenvalue weighted by atomic mass is 16.5. The largest absolute Gasteiger partial charge is 0.497 e. The van der Waals surface area contributed by atoms with Gasteiger partial charge in [-0.1, -0.05) is 18.2 Å². The first kappa shape index (κ1) is 20.8. The van der Waals surface area contributed by atoms with Gasteiger partial charge in [-0.2, -0.15) is 14.9 Å². The summed E-state index contributed by atoms with van der Waals surface area (Å²) in [7, 11) is 1.63. The number of carbonyl (C=O) groups excluding carboxylic acids is 1. The van der Waals surface area contributed by atoms with Gasteiger partial charge in [-0.3, -0.25) is 4.79 Å². The van der Waals surface area contributed by atoms with Gasteiger partial charge in [-0.05, 0) is 61.7 Å². The van der Waals surface area contributed by atoms with Crippen molar-refractivity contribution < 1.29 is 9.53 Å². The molecule has 4 aromatic rings. The van der Waals surface area contributed by atoms with Crippen LogP contribution in [0.3, 0.4) is 0 Å². The second kappa shape index (κ2) is 8.12. The molecule has 0 fully saturated rings. The van der Waals surface area contributed by atoms with Crippen LogP contribution in [0.1, 0.15) is 40.3 Å². The van der Waals surface area contributed by atoms with Crippen LogP contribution >= 0.6 is 0 Å². The van der Waals surface area contributed by atoms with E-state index in [0.717, 1.165) is 28.1 Å². The number of fused-ring (bicyclic) bond motifs is 1. The highest BCUT2D eigenvalue weighted by Gasteiger charge is 2.33. The number of rotatable bonds is 4. The Balaban J connectivity index is 1.59. The van der Waals surface area contributed by atoms with E-state index < -0.39 is 0 Å².